The maximum atomic E-state index is 10.6. The second-order valence-electron chi connectivity index (χ2n) is 4.28. The lowest BCUT2D eigenvalue weighted by molar-refractivity contribution is -0.138. The lowest BCUT2D eigenvalue weighted by atomic mass is 9.89. The fourth-order valence-corrected chi connectivity index (χ4v) is 2.37. The van der Waals surface area contributed by atoms with Crippen LogP contribution in [0.1, 0.15) is 39.0 Å². The number of hydrogen-bond donors (Lipinski definition) is 2. The van der Waals surface area contributed by atoms with E-state index in [2.05, 4.69) is 19.1 Å². The van der Waals surface area contributed by atoms with Crippen molar-refractivity contribution in [3.8, 4) is 0 Å². The van der Waals surface area contributed by atoms with E-state index in [0.717, 1.165) is 25.7 Å². The first-order chi connectivity index (χ1) is 7.15. The molecule has 0 spiro atoms. The number of rotatable bonds is 5. The minimum atomic E-state index is -0.751. The Labute approximate surface area is 90.8 Å². The standard InChI is InChI=1S/C12H20O3/c1-2-3-4-5-10-9(8-12(14)15)6-7-11(10)13/h3-4,9-11,13H,2,5-8H2,1H3,(H,14,15)/b4-3+/t9-,10-,11+/m0/s1. The molecule has 0 unspecified atom stereocenters. The minimum Gasteiger partial charge on any atom is -0.481 e. The van der Waals surface area contributed by atoms with E-state index in [1.807, 2.05) is 0 Å². The summed E-state index contributed by atoms with van der Waals surface area (Å²) in [6.07, 6.45) is 7.43. The lowest BCUT2D eigenvalue weighted by Gasteiger charge is -2.18. The highest BCUT2D eigenvalue weighted by Gasteiger charge is 2.34. The van der Waals surface area contributed by atoms with Crippen molar-refractivity contribution < 1.29 is 15.0 Å². The van der Waals surface area contributed by atoms with Crippen molar-refractivity contribution in [2.24, 2.45) is 11.8 Å². The highest BCUT2D eigenvalue weighted by Crippen LogP contribution is 2.36. The van der Waals surface area contributed by atoms with Crippen LogP contribution in [0.3, 0.4) is 0 Å². The molecule has 0 aromatic rings. The molecule has 1 aliphatic rings. The Morgan fingerprint density at radius 2 is 2.13 bits per heavy atom. The molecule has 1 fully saturated rings. The van der Waals surface area contributed by atoms with Gasteiger partial charge in [-0.05, 0) is 37.5 Å². The van der Waals surface area contributed by atoms with Gasteiger partial charge in [0.15, 0.2) is 0 Å². The van der Waals surface area contributed by atoms with E-state index in [-0.39, 0.29) is 24.4 Å². The Morgan fingerprint density at radius 1 is 1.40 bits per heavy atom. The van der Waals surface area contributed by atoms with Crippen LogP contribution in [0.15, 0.2) is 12.2 Å². The van der Waals surface area contributed by atoms with Gasteiger partial charge < -0.3 is 10.2 Å². The second-order valence-corrected chi connectivity index (χ2v) is 4.28. The summed E-state index contributed by atoms with van der Waals surface area (Å²) >= 11 is 0. The van der Waals surface area contributed by atoms with E-state index in [4.69, 9.17) is 5.11 Å². The number of carboxylic acids is 1. The van der Waals surface area contributed by atoms with Crippen LogP contribution < -0.4 is 0 Å². The predicted molar refractivity (Wildman–Crippen MR) is 58.5 cm³/mol. The van der Waals surface area contributed by atoms with E-state index in [1.165, 1.54) is 0 Å². The molecule has 15 heavy (non-hydrogen) atoms. The molecule has 3 atom stereocenters. The molecule has 0 aliphatic heterocycles. The van der Waals surface area contributed by atoms with Crippen molar-refractivity contribution in [2.45, 2.75) is 45.1 Å². The molecular weight excluding hydrogens is 192 g/mol. The third kappa shape index (κ3) is 3.67. The van der Waals surface area contributed by atoms with Gasteiger partial charge in [0.1, 0.15) is 0 Å². The van der Waals surface area contributed by atoms with Gasteiger partial charge in [-0.15, -0.1) is 0 Å². The third-order valence-corrected chi connectivity index (χ3v) is 3.18. The molecule has 0 aromatic carbocycles. The van der Waals surface area contributed by atoms with Crippen molar-refractivity contribution in [2.75, 3.05) is 0 Å². The topological polar surface area (TPSA) is 57.5 Å². The number of aliphatic carboxylic acids is 1. The molecule has 3 heteroatoms. The van der Waals surface area contributed by atoms with Gasteiger partial charge in [0.25, 0.3) is 0 Å². The first-order valence-corrected chi connectivity index (χ1v) is 5.70. The van der Waals surface area contributed by atoms with Crippen LogP contribution in [0.4, 0.5) is 0 Å². The molecule has 1 rings (SSSR count). The summed E-state index contributed by atoms with van der Waals surface area (Å²) in [6.45, 7) is 2.07. The summed E-state index contributed by atoms with van der Waals surface area (Å²) in [7, 11) is 0. The van der Waals surface area contributed by atoms with Gasteiger partial charge in [0, 0.05) is 6.42 Å². The number of hydrogen-bond acceptors (Lipinski definition) is 2. The summed E-state index contributed by atoms with van der Waals surface area (Å²) in [6, 6.07) is 0. The van der Waals surface area contributed by atoms with Crippen molar-refractivity contribution in [3.05, 3.63) is 12.2 Å². The summed E-state index contributed by atoms with van der Waals surface area (Å²) in [5.41, 5.74) is 0. The zero-order valence-corrected chi connectivity index (χ0v) is 9.22. The van der Waals surface area contributed by atoms with Gasteiger partial charge in [-0.1, -0.05) is 19.1 Å². The first kappa shape index (κ1) is 12.2. The van der Waals surface area contributed by atoms with Crippen LogP contribution in [0.5, 0.6) is 0 Å². The Morgan fingerprint density at radius 3 is 2.73 bits per heavy atom. The Hall–Kier alpha value is -0.830. The Bertz CT molecular complexity index is 235. The monoisotopic (exact) mass is 212 g/mol. The predicted octanol–water partition coefficient (Wildman–Crippen LogP) is 2.20. The van der Waals surface area contributed by atoms with Gasteiger partial charge in [0.2, 0.25) is 0 Å². The number of allylic oxidation sites excluding steroid dienone is 2. The van der Waals surface area contributed by atoms with E-state index < -0.39 is 5.97 Å². The highest BCUT2D eigenvalue weighted by molar-refractivity contribution is 5.67. The molecule has 86 valence electrons. The highest BCUT2D eigenvalue weighted by atomic mass is 16.4. The van der Waals surface area contributed by atoms with Gasteiger partial charge in [-0.25, -0.2) is 0 Å². The van der Waals surface area contributed by atoms with Crippen molar-refractivity contribution in [3.63, 3.8) is 0 Å². The molecule has 2 N–H and O–H groups in total. The zero-order valence-electron chi connectivity index (χ0n) is 9.22. The molecule has 0 amide bonds. The summed E-state index contributed by atoms with van der Waals surface area (Å²) in [5.74, 6) is -0.457. The molecular formula is C12H20O3. The van der Waals surface area contributed by atoms with Gasteiger partial charge in [-0.2, -0.15) is 0 Å². The SMILES string of the molecule is CC/C=C/C[C@H]1[C@H](CC(=O)O)CC[C@H]1O. The van der Waals surface area contributed by atoms with Gasteiger partial charge in [-0.3, -0.25) is 4.79 Å². The normalized spacial score (nSPS) is 31.2. The van der Waals surface area contributed by atoms with Crippen molar-refractivity contribution >= 4 is 5.97 Å². The van der Waals surface area contributed by atoms with Crippen molar-refractivity contribution in [1.82, 2.24) is 0 Å². The molecule has 0 heterocycles. The Kier molecular flexibility index (Phi) is 4.82. The maximum absolute atomic E-state index is 10.6. The summed E-state index contributed by atoms with van der Waals surface area (Å²) in [5, 5.41) is 18.5. The van der Waals surface area contributed by atoms with Crippen LogP contribution in [0, 0.1) is 11.8 Å². The average Bonchev–Trinajstić information content (AvgIpc) is 2.49. The minimum absolute atomic E-state index is 0.142. The van der Waals surface area contributed by atoms with E-state index in [1.54, 1.807) is 0 Å². The number of carbonyl (C=O) groups is 1. The number of aliphatic hydroxyl groups excluding tert-OH is 1. The van der Waals surface area contributed by atoms with E-state index in [0.29, 0.717) is 0 Å². The van der Waals surface area contributed by atoms with Crippen LogP contribution in [-0.2, 0) is 4.79 Å². The van der Waals surface area contributed by atoms with Crippen molar-refractivity contribution in [1.29, 1.82) is 0 Å². The molecule has 0 radical (unpaired) electrons. The van der Waals surface area contributed by atoms with Crippen LogP contribution in [-0.4, -0.2) is 22.3 Å². The molecule has 0 bridgehead atoms. The molecule has 0 saturated heterocycles. The largest absolute Gasteiger partial charge is 0.481 e. The first-order valence-electron chi connectivity index (χ1n) is 5.70. The number of carboxylic acid groups (broad SMARTS) is 1. The summed E-state index contributed by atoms with van der Waals surface area (Å²) in [4.78, 5) is 10.6. The van der Waals surface area contributed by atoms with Crippen LogP contribution in [0.2, 0.25) is 0 Å². The Balaban J connectivity index is 2.48. The zero-order chi connectivity index (χ0) is 11.3. The molecule has 1 saturated carbocycles. The molecule has 0 aromatic heterocycles. The van der Waals surface area contributed by atoms with E-state index in [9.17, 15) is 9.90 Å². The van der Waals surface area contributed by atoms with Crippen LogP contribution in [0.25, 0.3) is 0 Å². The smallest absolute Gasteiger partial charge is 0.303 e. The maximum Gasteiger partial charge on any atom is 0.303 e. The summed E-state index contributed by atoms with van der Waals surface area (Å²) < 4.78 is 0. The third-order valence-electron chi connectivity index (χ3n) is 3.18. The molecule has 1 aliphatic carbocycles. The number of aliphatic hydroxyl groups is 1. The van der Waals surface area contributed by atoms with Gasteiger partial charge >= 0.3 is 5.97 Å². The van der Waals surface area contributed by atoms with Crippen LogP contribution >= 0.6 is 0 Å². The molecule has 3 nitrogen and oxygen atoms in total. The van der Waals surface area contributed by atoms with Gasteiger partial charge in [0.05, 0.1) is 6.10 Å². The van der Waals surface area contributed by atoms with E-state index >= 15 is 0 Å². The average molecular weight is 212 g/mol. The fourth-order valence-electron chi connectivity index (χ4n) is 2.37. The fraction of sp³-hybridized carbons (Fsp3) is 0.750. The quantitative estimate of drug-likeness (QED) is 0.687. The second kappa shape index (κ2) is 5.91. The lowest BCUT2D eigenvalue weighted by Crippen LogP contribution is -2.20.